The molecule has 1 fully saturated rings. The van der Waals surface area contributed by atoms with Gasteiger partial charge in [-0.15, -0.1) is 0 Å². The molecule has 0 aromatic heterocycles. The van der Waals surface area contributed by atoms with Crippen LogP contribution in [-0.4, -0.2) is 37.0 Å². The number of amides is 1. The Kier molecular flexibility index (Phi) is 4.86. The first-order valence-corrected chi connectivity index (χ1v) is 8.06. The zero-order chi connectivity index (χ0) is 18.0. The molecule has 0 radical (unpaired) electrons. The lowest BCUT2D eigenvalue weighted by molar-refractivity contribution is 0.0746. The van der Waals surface area contributed by atoms with Gasteiger partial charge in [0.2, 0.25) is 0 Å². The van der Waals surface area contributed by atoms with Crippen LogP contribution in [0, 0.1) is 23.0 Å². The number of hydrogen-bond donors (Lipinski definition) is 0. The van der Waals surface area contributed by atoms with E-state index in [-0.39, 0.29) is 16.5 Å². The fraction of sp³-hybridized carbons (Fsp3) is 0.222. The van der Waals surface area contributed by atoms with E-state index in [0.717, 1.165) is 6.07 Å². The number of carbonyl (C=O) groups excluding carboxylic acids is 1. The van der Waals surface area contributed by atoms with E-state index in [2.05, 4.69) is 0 Å². The monoisotopic (exact) mass is 361 g/mol. The molecule has 1 amide bonds. The summed E-state index contributed by atoms with van der Waals surface area (Å²) in [7, 11) is 0. The lowest BCUT2D eigenvalue weighted by atomic mass is 10.1. The number of carbonyl (C=O) groups is 1. The van der Waals surface area contributed by atoms with Crippen LogP contribution in [0.5, 0.6) is 0 Å². The third-order valence-corrected chi connectivity index (χ3v) is 4.47. The Morgan fingerprint density at radius 1 is 1.08 bits per heavy atom. The molecule has 2 aromatic carbocycles. The highest BCUT2D eigenvalue weighted by Gasteiger charge is 2.24. The normalized spacial score (nSPS) is 14.3. The van der Waals surface area contributed by atoms with E-state index < -0.39 is 11.6 Å². The first-order chi connectivity index (χ1) is 12.0. The molecule has 0 saturated carbocycles. The minimum absolute atomic E-state index is 0.0908. The van der Waals surface area contributed by atoms with Gasteiger partial charge in [-0.05, 0) is 36.4 Å². The number of hydrogen-bond acceptors (Lipinski definition) is 3. The highest BCUT2D eigenvalue weighted by atomic mass is 35.5. The minimum Gasteiger partial charge on any atom is -0.366 e. The summed E-state index contributed by atoms with van der Waals surface area (Å²) in [5.74, 6) is -1.09. The summed E-state index contributed by atoms with van der Waals surface area (Å²) < 4.78 is 27.2. The Balaban J connectivity index is 1.70. The lowest BCUT2D eigenvalue weighted by Crippen LogP contribution is -2.49. The van der Waals surface area contributed by atoms with Crippen molar-refractivity contribution in [2.45, 2.75) is 0 Å². The van der Waals surface area contributed by atoms with Gasteiger partial charge in [-0.2, -0.15) is 5.26 Å². The summed E-state index contributed by atoms with van der Waals surface area (Å²) in [4.78, 5) is 15.8. The number of anilines is 1. The van der Waals surface area contributed by atoms with E-state index in [1.54, 1.807) is 9.80 Å². The maximum absolute atomic E-state index is 14.2. The summed E-state index contributed by atoms with van der Waals surface area (Å²) in [6.07, 6.45) is 0. The molecular weight excluding hydrogens is 348 g/mol. The Labute approximate surface area is 148 Å². The molecule has 7 heteroatoms. The molecule has 0 unspecified atom stereocenters. The van der Waals surface area contributed by atoms with Gasteiger partial charge in [0.05, 0.1) is 16.3 Å². The number of halogens is 3. The molecule has 3 rings (SSSR count). The number of piperazine rings is 1. The summed E-state index contributed by atoms with van der Waals surface area (Å²) in [6.45, 7) is 1.69. The van der Waals surface area contributed by atoms with E-state index in [4.69, 9.17) is 16.9 Å². The third kappa shape index (κ3) is 3.57. The standard InChI is InChI=1S/C18H14ClF2N3O/c19-15-10-17(16(21)9-13(15)11-22)23-5-7-24(8-6-23)18(25)12-1-3-14(20)4-2-12/h1-4,9-10H,5-8H2. The molecule has 1 aliphatic rings. The van der Waals surface area contributed by atoms with Crippen molar-refractivity contribution in [3.05, 3.63) is 64.2 Å². The SMILES string of the molecule is N#Cc1cc(F)c(N2CCN(C(=O)c3ccc(F)cc3)CC2)cc1Cl. The van der Waals surface area contributed by atoms with Gasteiger partial charge in [0.15, 0.2) is 0 Å². The highest BCUT2D eigenvalue weighted by Crippen LogP contribution is 2.28. The van der Waals surface area contributed by atoms with E-state index in [9.17, 15) is 13.6 Å². The summed E-state index contributed by atoms with van der Waals surface area (Å²) >= 11 is 5.98. The number of rotatable bonds is 2. The van der Waals surface area contributed by atoms with E-state index in [1.807, 2.05) is 6.07 Å². The van der Waals surface area contributed by atoms with Gasteiger partial charge in [-0.1, -0.05) is 11.6 Å². The zero-order valence-corrected chi connectivity index (χ0v) is 13.9. The maximum Gasteiger partial charge on any atom is 0.253 e. The second-order valence-corrected chi connectivity index (χ2v) is 6.09. The van der Waals surface area contributed by atoms with Crippen molar-refractivity contribution in [3.8, 4) is 6.07 Å². The van der Waals surface area contributed by atoms with Crippen molar-refractivity contribution >= 4 is 23.2 Å². The average molecular weight is 362 g/mol. The summed E-state index contributed by atoms with van der Waals surface area (Å²) in [5.41, 5.74) is 0.827. The highest BCUT2D eigenvalue weighted by molar-refractivity contribution is 6.32. The number of nitrogens with zero attached hydrogens (tertiary/aromatic N) is 3. The Morgan fingerprint density at radius 3 is 2.32 bits per heavy atom. The van der Waals surface area contributed by atoms with Crippen LogP contribution < -0.4 is 4.90 Å². The van der Waals surface area contributed by atoms with Crippen LogP contribution in [0.4, 0.5) is 14.5 Å². The van der Waals surface area contributed by atoms with Crippen molar-refractivity contribution in [1.82, 2.24) is 4.90 Å². The Hall–Kier alpha value is -2.65. The fourth-order valence-electron chi connectivity index (χ4n) is 2.79. The van der Waals surface area contributed by atoms with Crippen molar-refractivity contribution in [3.63, 3.8) is 0 Å². The van der Waals surface area contributed by atoms with Gasteiger partial charge < -0.3 is 9.80 Å². The van der Waals surface area contributed by atoms with Crippen molar-refractivity contribution < 1.29 is 13.6 Å². The second-order valence-electron chi connectivity index (χ2n) is 5.68. The predicted molar refractivity (Wildman–Crippen MR) is 90.6 cm³/mol. The van der Waals surface area contributed by atoms with Crippen LogP contribution in [0.3, 0.4) is 0 Å². The van der Waals surface area contributed by atoms with Crippen LogP contribution in [-0.2, 0) is 0 Å². The molecular formula is C18H14ClF2N3O. The van der Waals surface area contributed by atoms with Gasteiger partial charge in [-0.3, -0.25) is 4.79 Å². The molecule has 128 valence electrons. The van der Waals surface area contributed by atoms with Crippen LogP contribution in [0.25, 0.3) is 0 Å². The van der Waals surface area contributed by atoms with Crippen LogP contribution in [0.1, 0.15) is 15.9 Å². The van der Waals surface area contributed by atoms with Gasteiger partial charge >= 0.3 is 0 Å². The predicted octanol–water partition coefficient (Wildman–Crippen LogP) is 3.45. The molecule has 0 bridgehead atoms. The molecule has 0 atom stereocenters. The van der Waals surface area contributed by atoms with Gasteiger partial charge in [0, 0.05) is 31.7 Å². The molecule has 4 nitrogen and oxygen atoms in total. The van der Waals surface area contributed by atoms with Crippen molar-refractivity contribution in [2.24, 2.45) is 0 Å². The largest absolute Gasteiger partial charge is 0.366 e. The van der Waals surface area contributed by atoms with Crippen molar-refractivity contribution in [1.29, 1.82) is 5.26 Å². The topological polar surface area (TPSA) is 47.3 Å². The fourth-order valence-corrected chi connectivity index (χ4v) is 2.99. The van der Waals surface area contributed by atoms with Gasteiger partial charge in [0.25, 0.3) is 5.91 Å². The second kappa shape index (κ2) is 7.08. The molecule has 25 heavy (non-hydrogen) atoms. The van der Waals surface area contributed by atoms with Gasteiger partial charge in [-0.25, -0.2) is 8.78 Å². The third-order valence-electron chi connectivity index (χ3n) is 4.16. The van der Waals surface area contributed by atoms with Crippen LogP contribution in [0.2, 0.25) is 5.02 Å². The quantitative estimate of drug-likeness (QED) is 0.823. The molecule has 2 aromatic rings. The lowest BCUT2D eigenvalue weighted by Gasteiger charge is -2.36. The van der Waals surface area contributed by atoms with E-state index in [1.165, 1.54) is 30.3 Å². The minimum atomic E-state index is -0.515. The van der Waals surface area contributed by atoms with Crippen LogP contribution in [0.15, 0.2) is 36.4 Å². The zero-order valence-electron chi connectivity index (χ0n) is 13.2. The van der Waals surface area contributed by atoms with Gasteiger partial charge in [0.1, 0.15) is 17.7 Å². The number of nitriles is 1. The van der Waals surface area contributed by atoms with Crippen LogP contribution >= 0.6 is 11.6 Å². The molecule has 0 aliphatic carbocycles. The van der Waals surface area contributed by atoms with E-state index >= 15 is 0 Å². The maximum atomic E-state index is 14.2. The molecule has 1 heterocycles. The number of benzene rings is 2. The summed E-state index contributed by atoms with van der Waals surface area (Å²) in [5, 5.41) is 9.08. The molecule has 1 saturated heterocycles. The average Bonchev–Trinajstić information content (AvgIpc) is 2.63. The summed E-state index contributed by atoms with van der Waals surface area (Å²) in [6, 6.07) is 9.79. The Morgan fingerprint density at radius 2 is 1.72 bits per heavy atom. The van der Waals surface area contributed by atoms with E-state index in [0.29, 0.717) is 37.4 Å². The molecule has 0 N–H and O–H groups in total. The first kappa shape index (κ1) is 17.2. The Bertz CT molecular complexity index is 841. The smallest absolute Gasteiger partial charge is 0.253 e. The van der Waals surface area contributed by atoms with Crippen molar-refractivity contribution in [2.75, 3.05) is 31.1 Å². The first-order valence-electron chi connectivity index (χ1n) is 7.68. The molecule has 1 aliphatic heterocycles. The molecule has 0 spiro atoms.